The van der Waals surface area contributed by atoms with Gasteiger partial charge in [0, 0.05) is 10.5 Å². The summed E-state index contributed by atoms with van der Waals surface area (Å²) in [5.74, 6) is 2.53. The second-order valence-electron chi connectivity index (χ2n) is 4.07. The molecule has 0 aliphatic carbocycles. The standard InChI is InChI=1S/C13H16N4S2/c1-4-19-11-7-5-6-10(12(11)13(14)18)17-9(3)15-8(2)16-17/h5-7H,4H2,1-3H3,(H2,14,18). The molecule has 0 radical (unpaired) electrons. The van der Waals surface area contributed by atoms with E-state index in [-0.39, 0.29) is 0 Å². The van der Waals surface area contributed by atoms with Crippen LogP contribution < -0.4 is 5.73 Å². The molecule has 19 heavy (non-hydrogen) atoms. The number of rotatable bonds is 4. The van der Waals surface area contributed by atoms with Crippen molar-refractivity contribution in [2.45, 2.75) is 25.7 Å². The molecular formula is C13H16N4S2. The largest absolute Gasteiger partial charge is 0.389 e. The highest BCUT2D eigenvalue weighted by atomic mass is 32.2. The molecule has 1 heterocycles. The van der Waals surface area contributed by atoms with E-state index in [9.17, 15) is 0 Å². The third-order valence-electron chi connectivity index (χ3n) is 2.65. The van der Waals surface area contributed by atoms with Gasteiger partial charge in [0.25, 0.3) is 0 Å². The summed E-state index contributed by atoms with van der Waals surface area (Å²) in [5.41, 5.74) is 7.66. The molecule has 0 atom stereocenters. The minimum Gasteiger partial charge on any atom is -0.389 e. The molecular weight excluding hydrogens is 276 g/mol. The number of nitrogens with zero attached hydrogens (tertiary/aromatic N) is 3. The lowest BCUT2D eigenvalue weighted by molar-refractivity contribution is 0.826. The molecule has 1 aromatic heterocycles. The highest BCUT2D eigenvalue weighted by molar-refractivity contribution is 7.99. The summed E-state index contributed by atoms with van der Waals surface area (Å²) in [6.45, 7) is 5.89. The minimum atomic E-state index is 0.388. The molecule has 0 unspecified atom stereocenters. The van der Waals surface area contributed by atoms with Crippen LogP contribution in [0, 0.1) is 13.8 Å². The van der Waals surface area contributed by atoms with Gasteiger partial charge in [0.1, 0.15) is 16.6 Å². The van der Waals surface area contributed by atoms with Crippen molar-refractivity contribution in [3.8, 4) is 5.69 Å². The molecule has 6 heteroatoms. The van der Waals surface area contributed by atoms with Crippen molar-refractivity contribution in [2.75, 3.05) is 5.75 Å². The van der Waals surface area contributed by atoms with E-state index in [0.717, 1.165) is 33.5 Å². The summed E-state index contributed by atoms with van der Waals surface area (Å²) in [6, 6.07) is 5.99. The molecule has 0 spiro atoms. The van der Waals surface area contributed by atoms with E-state index in [4.69, 9.17) is 18.0 Å². The molecule has 0 fully saturated rings. The van der Waals surface area contributed by atoms with Crippen molar-refractivity contribution < 1.29 is 0 Å². The summed E-state index contributed by atoms with van der Waals surface area (Å²) in [4.78, 5) is 5.80. The van der Waals surface area contributed by atoms with Gasteiger partial charge in [-0.1, -0.05) is 25.2 Å². The van der Waals surface area contributed by atoms with Crippen molar-refractivity contribution in [3.63, 3.8) is 0 Å². The van der Waals surface area contributed by atoms with Crippen molar-refractivity contribution in [2.24, 2.45) is 5.73 Å². The Bertz CT molecular complexity index is 619. The van der Waals surface area contributed by atoms with Crippen molar-refractivity contribution >= 4 is 29.0 Å². The number of thiocarbonyl (C=S) groups is 1. The van der Waals surface area contributed by atoms with E-state index in [1.807, 2.05) is 32.0 Å². The van der Waals surface area contributed by atoms with Gasteiger partial charge in [-0.3, -0.25) is 0 Å². The first-order valence-electron chi connectivity index (χ1n) is 6.00. The molecule has 1 aromatic carbocycles. The van der Waals surface area contributed by atoms with Crippen molar-refractivity contribution in [1.82, 2.24) is 14.8 Å². The lowest BCUT2D eigenvalue weighted by atomic mass is 10.1. The van der Waals surface area contributed by atoms with Gasteiger partial charge in [0.05, 0.1) is 5.69 Å². The van der Waals surface area contributed by atoms with Crippen LogP contribution >= 0.6 is 24.0 Å². The molecule has 2 aromatic rings. The van der Waals surface area contributed by atoms with Crippen molar-refractivity contribution in [3.05, 3.63) is 35.4 Å². The number of nitrogens with two attached hydrogens (primary N) is 1. The average Bonchev–Trinajstić information content (AvgIpc) is 2.68. The first kappa shape index (κ1) is 14.0. The topological polar surface area (TPSA) is 56.7 Å². The Morgan fingerprint density at radius 2 is 2.16 bits per heavy atom. The SMILES string of the molecule is CCSc1cccc(-n2nc(C)nc2C)c1C(N)=S. The minimum absolute atomic E-state index is 0.388. The van der Waals surface area contributed by atoms with Crippen molar-refractivity contribution in [1.29, 1.82) is 0 Å². The molecule has 2 N–H and O–H groups in total. The Hall–Kier alpha value is -1.40. The maximum atomic E-state index is 5.90. The predicted octanol–water partition coefficient (Wildman–Crippen LogP) is 2.63. The number of aromatic nitrogens is 3. The monoisotopic (exact) mass is 292 g/mol. The molecule has 0 saturated carbocycles. The van der Waals surface area contributed by atoms with E-state index in [2.05, 4.69) is 17.0 Å². The molecule has 0 aliphatic rings. The number of hydrogen-bond donors (Lipinski definition) is 1. The van der Waals surface area contributed by atoms with Gasteiger partial charge in [-0.15, -0.1) is 11.8 Å². The second kappa shape index (κ2) is 5.71. The van der Waals surface area contributed by atoms with E-state index in [0.29, 0.717) is 4.99 Å². The fourth-order valence-electron chi connectivity index (χ4n) is 1.97. The van der Waals surface area contributed by atoms with E-state index in [1.54, 1.807) is 16.4 Å². The Kier molecular flexibility index (Phi) is 4.21. The fourth-order valence-corrected chi connectivity index (χ4v) is 3.09. The Labute approximate surface area is 122 Å². The summed E-state index contributed by atoms with van der Waals surface area (Å²) in [7, 11) is 0. The van der Waals surface area contributed by atoms with Crippen LogP contribution in [0.25, 0.3) is 5.69 Å². The van der Waals surface area contributed by atoms with E-state index < -0.39 is 0 Å². The summed E-state index contributed by atoms with van der Waals surface area (Å²) < 4.78 is 1.80. The highest BCUT2D eigenvalue weighted by Gasteiger charge is 2.15. The third kappa shape index (κ3) is 2.79. The average molecular weight is 292 g/mol. The first-order chi connectivity index (χ1) is 9.04. The van der Waals surface area contributed by atoms with E-state index in [1.165, 1.54) is 0 Å². The van der Waals surface area contributed by atoms with Gasteiger partial charge in [0.2, 0.25) is 0 Å². The first-order valence-corrected chi connectivity index (χ1v) is 7.40. The second-order valence-corrected chi connectivity index (χ2v) is 5.81. The number of aryl methyl sites for hydroxylation is 2. The molecule has 2 rings (SSSR count). The van der Waals surface area contributed by atoms with Crippen LogP contribution in [0.5, 0.6) is 0 Å². The zero-order valence-electron chi connectivity index (χ0n) is 11.2. The fraction of sp³-hybridized carbons (Fsp3) is 0.308. The quantitative estimate of drug-likeness (QED) is 0.693. The van der Waals surface area contributed by atoms with Gasteiger partial charge in [0.15, 0.2) is 0 Å². The molecule has 0 saturated heterocycles. The molecule has 4 nitrogen and oxygen atoms in total. The van der Waals surface area contributed by atoms with Crippen LogP contribution in [-0.4, -0.2) is 25.5 Å². The van der Waals surface area contributed by atoms with Gasteiger partial charge < -0.3 is 5.73 Å². The van der Waals surface area contributed by atoms with Gasteiger partial charge in [-0.25, -0.2) is 9.67 Å². The molecule has 100 valence electrons. The maximum absolute atomic E-state index is 5.90. The van der Waals surface area contributed by atoms with Gasteiger partial charge >= 0.3 is 0 Å². The Balaban J connectivity index is 2.66. The lowest BCUT2D eigenvalue weighted by Crippen LogP contribution is -2.16. The van der Waals surface area contributed by atoms with Crippen LogP contribution in [0.2, 0.25) is 0 Å². The third-order valence-corrected chi connectivity index (χ3v) is 3.80. The normalized spacial score (nSPS) is 10.7. The van der Waals surface area contributed by atoms with E-state index >= 15 is 0 Å². The lowest BCUT2D eigenvalue weighted by Gasteiger charge is -2.13. The van der Waals surface area contributed by atoms with Crippen LogP contribution in [0.3, 0.4) is 0 Å². The zero-order valence-corrected chi connectivity index (χ0v) is 12.8. The zero-order chi connectivity index (χ0) is 14.0. The number of thioether (sulfide) groups is 1. The predicted molar refractivity (Wildman–Crippen MR) is 83.1 cm³/mol. The van der Waals surface area contributed by atoms with Crippen LogP contribution in [0.4, 0.5) is 0 Å². The van der Waals surface area contributed by atoms with Gasteiger partial charge in [-0.05, 0) is 31.7 Å². The summed E-state index contributed by atoms with van der Waals surface area (Å²) >= 11 is 6.93. The smallest absolute Gasteiger partial charge is 0.148 e. The number of hydrogen-bond acceptors (Lipinski definition) is 4. The van der Waals surface area contributed by atoms with Crippen LogP contribution in [0.15, 0.2) is 23.1 Å². The molecule has 0 aliphatic heterocycles. The Morgan fingerprint density at radius 3 is 2.68 bits per heavy atom. The summed E-state index contributed by atoms with van der Waals surface area (Å²) in [5, 5.41) is 4.41. The van der Waals surface area contributed by atoms with Crippen LogP contribution in [-0.2, 0) is 0 Å². The van der Waals surface area contributed by atoms with Crippen LogP contribution in [0.1, 0.15) is 24.1 Å². The highest BCUT2D eigenvalue weighted by Crippen LogP contribution is 2.27. The molecule has 0 bridgehead atoms. The maximum Gasteiger partial charge on any atom is 0.148 e. The molecule has 0 amide bonds. The Morgan fingerprint density at radius 1 is 1.42 bits per heavy atom. The number of benzene rings is 1. The van der Waals surface area contributed by atoms with Gasteiger partial charge in [-0.2, -0.15) is 5.10 Å². The summed E-state index contributed by atoms with van der Waals surface area (Å²) in [6.07, 6.45) is 0.